The fraction of sp³-hybridized carbons (Fsp3) is 0.647. The summed E-state index contributed by atoms with van der Waals surface area (Å²) in [6, 6.07) is 2.29. The third-order valence-electron chi connectivity index (χ3n) is 3.81. The molecule has 0 aromatic carbocycles. The number of nitrogens with two attached hydrogens (primary N) is 1. The van der Waals surface area contributed by atoms with Crippen LogP contribution in [-0.2, 0) is 6.54 Å². The van der Waals surface area contributed by atoms with Crippen molar-refractivity contribution in [1.82, 2.24) is 10.3 Å². The quantitative estimate of drug-likeness (QED) is 0.615. The first-order valence-corrected chi connectivity index (χ1v) is 8.76. The first kappa shape index (κ1) is 17.9. The molecular formula is C17H27ClN4O. The number of ether oxygens (including phenoxy) is 1. The van der Waals surface area contributed by atoms with Gasteiger partial charge in [0.05, 0.1) is 13.2 Å². The number of pyridine rings is 1. The van der Waals surface area contributed by atoms with E-state index in [2.05, 4.69) is 29.1 Å². The molecule has 3 N–H and O–H groups in total. The molecule has 1 aromatic rings. The molecule has 128 valence electrons. The number of halogens is 1. The minimum Gasteiger partial charge on any atom is -0.476 e. The van der Waals surface area contributed by atoms with Crippen molar-refractivity contribution in [3.05, 3.63) is 22.8 Å². The van der Waals surface area contributed by atoms with E-state index in [0.29, 0.717) is 42.0 Å². The number of nitrogens with zero attached hydrogens (tertiary/aromatic N) is 2. The van der Waals surface area contributed by atoms with Crippen LogP contribution in [0.5, 0.6) is 5.88 Å². The van der Waals surface area contributed by atoms with E-state index >= 15 is 0 Å². The van der Waals surface area contributed by atoms with E-state index in [0.717, 1.165) is 5.56 Å². The highest BCUT2D eigenvalue weighted by Gasteiger charge is 2.13. The van der Waals surface area contributed by atoms with Crippen molar-refractivity contribution in [2.24, 2.45) is 16.6 Å². The second-order valence-electron chi connectivity index (χ2n) is 6.52. The molecule has 0 unspecified atom stereocenters. The summed E-state index contributed by atoms with van der Waals surface area (Å²) in [7, 11) is 0. The van der Waals surface area contributed by atoms with Gasteiger partial charge in [-0.25, -0.2) is 9.98 Å². The molecule has 0 atom stereocenters. The second-order valence-corrected chi connectivity index (χ2v) is 6.92. The van der Waals surface area contributed by atoms with Crippen LogP contribution in [0.25, 0.3) is 0 Å². The maximum atomic E-state index is 6.20. The van der Waals surface area contributed by atoms with Crippen LogP contribution in [0.4, 0.5) is 0 Å². The second kappa shape index (κ2) is 8.96. The molecule has 0 aliphatic heterocycles. The van der Waals surface area contributed by atoms with E-state index < -0.39 is 0 Å². The van der Waals surface area contributed by atoms with Gasteiger partial charge in [-0.15, -0.1) is 0 Å². The standard InChI is InChI=1S/C17H27ClN4O/c1-12(2)11-23-16-15(18)8-13(9-20-16)10-21-17(19)22-14-6-4-3-5-7-14/h8-9,12,14H,3-7,10-11H2,1-2H3,(H3,19,21,22). The minimum absolute atomic E-state index is 0.433. The van der Waals surface area contributed by atoms with Crippen molar-refractivity contribution >= 4 is 17.6 Å². The van der Waals surface area contributed by atoms with Gasteiger partial charge in [0.25, 0.3) is 0 Å². The molecule has 0 amide bonds. The highest BCUT2D eigenvalue weighted by molar-refractivity contribution is 6.31. The monoisotopic (exact) mass is 338 g/mol. The van der Waals surface area contributed by atoms with Crippen LogP contribution in [0.3, 0.4) is 0 Å². The van der Waals surface area contributed by atoms with Crippen molar-refractivity contribution in [2.45, 2.75) is 58.5 Å². The van der Waals surface area contributed by atoms with Crippen molar-refractivity contribution in [1.29, 1.82) is 0 Å². The zero-order valence-corrected chi connectivity index (χ0v) is 14.8. The lowest BCUT2D eigenvalue weighted by atomic mass is 9.96. The molecule has 5 nitrogen and oxygen atoms in total. The van der Waals surface area contributed by atoms with Crippen molar-refractivity contribution < 1.29 is 4.74 Å². The van der Waals surface area contributed by atoms with Crippen LogP contribution < -0.4 is 15.8 Å². The number of guanidine groups is 1. The van der Waals surface area contributed by atoms with Crippen LogP contribution >= 0.6 is 11.6 Å². The maximum absolute atomic E-state index is 6.20. The number of aliphatic imine (C=N–C) groups is 1. The lowest BCUT2D eigenvalue weighted by Crippen LogP contribution is -2.41. The molecule has 6 heteroatoms. The van der Waals surface area contributed by atoms with Gasteiger partial charge < -0.3 is 15.8 Å². The summed E-state index contributed by atoms with van der Waals surface area (Å²) >= 11 is 6.20. The van der Waals surface area contributed by atoms with Gasteiger partial charge in [-0.2, -0.15) is 0 Å². The lowest BCUT2D eigenvalue weighted by molar-refractivity contribution is 0.261. The maximum Gasteiger partial charge on any atom is 0.232 e. The Morgan fingerprint density at radius 2 is 2.17 bits per heavy atom. The molecule has 0 bridgehead atoms. The fourth-order valence-corrected chi connectivity index (χ4v) is 2.82. The topological polar surface area (TPSA) is 72.5 Å². The summed E-state index contributed by atoms with van der Waals surface area (Å²) < 4.78 is 5.56. The Kier molecular flexibility index (Phi) is 6.96. The average molecular weight is 339 g/mol. The Morgan fingerprint density at radius 3 is 2.83 bits per heavy atom. The van der Waals surface area contributed by atoms with Gasteiger partial charge in [0.1, 0.15) is 5.02 Å². The van der Waals surface area contributed by atoms with Gasteiger partial charge in [0.15, 0.2) is 5.96 Å². The molecule has 1 saturated carbocycles. The Balaban J connectivity index is 1.86. The number of hydrogen-bond donors (Lipinski definition) is 2. The SMILES string of the molecule is CC(C)COc1ncc(CN=C(N)NC2CCCCC2)cc1Cl. The largest absolute Gasteiger partial charge is 0.476 e. The first-order chi connectivity index (χ1) is 11.0. The van der Waals surface area contributed by atoms with Crippen LogP contribution in [0.15, 0.2) is 17.3 Å². The summed E-state index contributed by atoms with van der Waals surface area (Å²) in [4.78, 5) is 8.64. The van der Waals surface area contributed by atoms with E-state index in [4.69, 9.17) is 22.1 Å². The molecule has 1 heterocycles. The molecule has 1 fully saturated rings. The van der Waals surface area contributed by atoms with Crippen molar-refractivity contribution in [2.75, 3.05) is 6.61 Å². The Morgan fingerprint density at radius 1 is 1.43 bits per heavy atom. The van der Waals surface area contributed by atoms with Crippen LogP contribution in [0, 0.1) is 5.92 Å². The van der Waals surface area contributed by atoms with E-state index in [1.54, 1.807) is 6.20 Å². The van der Waals surface area contributed by atoms with Crippen molar-refractivity contribution in [3.63, 3.8) is 0 Å². The highest BCUT2D eigenvalue weighted by atomic mass is 35.5. The normalized spacial score (nSPS) is 16.6. The third-order valence-corrected chi connectivity index (χ3v) is 4.08. The molecule has 1 aromatic heterocycles. The first-order valence-electron chi connectivity index (χ1n) is 8.38. The van der Waals surface area contributed by atoms with Gasteiger partial charge >= 0.3 is 0 Å². The Hall–Kier alpha value is -1.49. The van der Waals surface area contributed by atoms with E-state index in [9.17, 15) is 0 Å². The van der Waals surface area contributed by atoms with E-state index in [1.807, 2.05) is 6.07 Å². The number of nitrogens with one attached hydrogen (secondary N) is 1. The summed E-state index contributed by atoms with van der Waals surface area (Å²) in [6.45, 7) is 5.23. The summed E-state index contributed by atoms with van der Waals surface area (Å²) in [6.07, 6.45) is 7.94. The zero-order chi connectivity index (χ0) is 16.7. The minimum atomic E-state index is 0.433. The number of aromatic nitrogens is 1. The molecule has 0 radical (unpaired) electrons. The highest BCUT2D eigenvalue weighted by Crippen LogP contribution is 2.23. The average Bonchev–Trinajstić information content (AvgIpc) is 2.53. The van der Waals surface area contributed by atoms with E-state index in [1.165, 1.54) is 32.1 Å². The van der Waals surface area contributed by atoms with Gasteiger partial charge in [-0.1, -0.05) is 44.7 Å². The summed E-state index contributed by atoms with van der Waals surface area (Å²) in [5, 5.41) is 3.81. The lowest BCUT2D eigenvalue weighted by Gasteiger charge is -2.23. The molecule has 23 heavy (non-hydrogen) atoms. The van der Waals surface area contributed by atoms with Gasteiger partial charge in [0.2, 0.25) is 5.88 Å². The van der Waals surface area contributed by atoms with Gasteiger partial charge in [-0.05, 0) is 30.4 Å². The van der Waals surface area contributed by atoms with Crippen LogP contribution in [0.2, 0.25) is 5.02 Å². The summed E-state index contributed by atoms with van der Waals surface area (Å²) in [5.41, 5.74) is 6.88. The zero-order valence-electron chi connectivity index (χ0n) is 14.0. The number of hydrogen-bond acceptors (Lipinski definition) is 3. The summed E-state index contributed by atoms with van der Waals surface area (Å²) in [5.74, 6) is 1.40. The number of rotatable bonds is 6. The smallest absolute Gasteiger partial charge is 0.232 e. The molecule has 0 saturated heterocycles. The predicted molar refractivity (Wildman–Crippen MR) is 94.9 cm³/mol. The molecule has 2 rings (SSSR count). The molecule has 0 spiro atoms. The third kappa shape index (κ3) is 6.26. The molecule has 1 aliphatic carbocycles. The van der Waals surface area contributed by atoms with Gasteiger partial charge in [-0.3, -0.25) is 0 Å². The van der Waals surface area contributed by atoms with Crippen LogP contribution in [0.1, 0.15) is 51.5 Å². The van der Waals surface area contributed by atoms with Gasteiger partial charge in [0, 0.05) is 12.2 Å². The Bertz CT molecular complexity index is 527. The molecular weight excluding hydrogens is 312 g/mol. The Labute approximate surface area is 143 Å². The fourth-order valence-electron chi connectivity index (χ4n) is 2.58. The van der Waals surface area contributed by atoms with Crippen molar-refractivity contribution in [3.8, 4) is 5.88 Å². The molecule has 1 aliphatic rings. The van der Waals surface area contributed by atoms with Crippen LogP contribution in [-0.4, -0.2) is 23.6 Å². The van der Waals surface area contributed by atoms with E-state index in [-0.39, 0.29) is 0 Å². The predicted octanol–water partition coefficient (Wildman–Crippen LogP) is 3.51.